The van der Waals surface area contributed by atoms with E-state index in [-0.39, 0.29) is 5.84 Å². The molecule has 104 valence electrons. The number of halogens is 1. The van der Waals surface area contributed by atoms with E-state index in [0.29, 0.717) is 16.6 Å². The van der Waals surface area contributed by atoms with Crippen molar-refractivity contribution in [3.05, 3.63) is 28.8 Å². The molecule has 0 aromatic heterocycles. The molecule has 19 heavy (non-hydrogen) atoms. The summed E-state index contributed by atoms with van der Waals surface area (Å²) >= 11 is 6.30. The lowest BCUT2D eigenvalue weighted by atomic mass is 10.1. The number of nitrogens with zero attached hydrogens (tertiary/aromatic N) is 3. The van der Waals surface area contributed by atoms with Gasteiger partial charge in [-0.3, -0.25) is 0 Å². The third kappa shape index (κ3) is 2.93. The Hall–Kier alpha value is -1.46. The van der Waals surface area contributed by atoms with Crippen LogP contribution in [0.1, 0.15) is 12.5 Å². The minimum absolute atomic E-state index is 0.0696. The van der Waals surface area contributed by atoms with Gasteiger partial charge in [-0.2, -0.15) is 0 Å². The molecule has 1 atom stereocenters. The number of anilines is 1. The van der Waals surface area contributed by atoms with Crippen LogP contribution >= 0.6 is 11.6 Å². The first-order chi connectivity index (χ1) is 9.02. The summed E-state index contributed by atoms with van der Waals surface area (Å²) in [6, 6.07) is 5.97. The monoisotopic (exact) mass is 282 g/mol. The molecule has 1 aromatic carbocycles. The minimum atomic E-state index is 0.0696. The first-order valence-electron chi connectivity index (χ1n) is 6.25. The second-order valence-corrected chi connectivity index (χ2v) is 5.33. The van der Waals surface area contributed by atoms with Crippen molar-refractivity contribution in [3.8, 4) is 0 Å². The van der Waals surface area contributed by atoms with Crippen molar-refractivity contribution in [1.82, 2.24) is 4.90 Å². The average Bonchev–Trinajstić information content (AvgIpc) is 2.41. The van der Waals surface area contributed by atoms with E-state index in [4.69, 9.17) is 22.5 Å². The Labute approximate surface area is 118 Å². The van der Waals surface area contributed by atoms with Crippen LogP contribution in [0.4, 0.5) is 5.69 Å². The van der Waals surface area contributed by atoms with Gasteiger partial charge in [-0.1, -0.05) is 16.8 Å². The Morgan fingerprint density at radius 3 is 2.79 bits per heavy atom. The summed E-state index contributed by atoms with van der Waals surface area (Å²) < 4.78 is 0. The van der Waals surface area contributed by atoms with Crippen LogP contribution in [0.25, 0.3) is 0 Å². The van der Waals surface area contributed by atoms with Gasteiger partial charge in [-0.05, 0) is 32.2 Å². The molecular weight excluding hydrogens is 264 g/mol. The van der Waals surface area contributed by atoms with Crippen LogP contribution in [0.15, 0.2) is 23.4 Å². The average molecular weight is 283 g/mol. The van der Waals surface area contributed by atoms with Crippen LogP contribution < -0.4 is 10.6 Å². The number of hydrogen-bond donors (Lipinski definition) is 2. The van der Waals surface area contributed by atoms with Gasteiger partial charge in [0.25, 0.3) is 0 Å². The SMILES string of the molecule is CC1CN(c2ccc(C(N)=NO)cc2Cl)CCN1C. The largest absolute Gasteiger partial charge is 0.409 e. The molecule has 0 aliphatic carbocycles. The van der Waals surface area contributed by atoms with Crippen molar-refractivity contribution in [2.45, 2.75) is 13.0 Å². The number of hydrogen-bond acceptors (Lipinski definition) is 4. The van der Waals surface area contributed by atoms with E-state index in [1.165, 1.54) is 0 Å². The number of nitrogens with two attached hydrogens (primary N) is 1. The molecule has 1 fully saturated rings. The van der Waals surface area contributed by atoms with Gasteiger partial charge in [0, 0.05) is 31.2 Å². The van der Waals surface area contributed by atoms with Crippen molar-refractivity contribution in [2.24, 2.45) is 10.9 Å². The molecule has 0 spiro atoms. The molecule has 0 radical (unpaired) electrons. The summed E-state index contributed by atoms with van der Waals surface area (Å²) in [5, 5.41) is 12.3. The fourth-order valence-electron chi connectivity index (χ4n) is 2.25. The minimum Gasteiger partial charge on any atom is -0.409 e. The molecule has 1 aliphatic rings. The first-order valence-corrected chi connectivity index (χ1v) is 6.63. The van der Waals surface area contributed by atoms with Gasteiger partial charge < -0.3 is 20.7 Å². The summed E-state index contributed by atoms with van der Waals surface area (Å²) in [5.41, 5.74) is 7.17. The fraction of sp³-hybridized carbons (Fsp3) is 0.462. The molecule has 0 saturated carbocycles. The van der Waals surface area contributed by atoms with E-state index < -0.39 is 0 Å². The van der Waals surface area contributed by atoms with Crippen LogP contribution in [-0.2, 0) is 0 Å². The third-order valence-corrected chi connectivity index (χ3v) is 3.95. The quantitative estimate of drug-likeness (QED) is 0.374. The lowest BCUT2D eigenvalue weighted by molar-refractivity contribution is 0.234. The highest BCUT2D eigenvalue weighted by atomic mass is 35.5. The summed E-state index contributed by atoms with van der Waals surface area (Å²) in [7, 11) is 2.13. The van der Waals surface area contributed by atoms with Crippen molar-refractivity contribution in [3.63, 3.8) is 0 Å². The molecule has 0 bridgehead atoms. The molecule has 2 rings (SSSR count). The highest BCUT2D eigenvalue weighted by molar-refractivity contribution is 6.33. The number of oxime groups is 1. The zero-order chi connectivity index (χ0) is 14.0. The topological polar surface area (TPSA) is 65.1 Å². The molecule has 1 aromatic rings. The van der Waals surface area contributed by atoms with Crippen molar-refractivity contribution >= 4 is 23.1 Å². The van der Waals surface area contributed by atoms with Gasteiger partial charge in [0.1, 0.15) is 0 Å². The van der Waals surface area contributed by atoms with Gasteiger partial charge in [-0.15, -0.1) is 0 Å². The molecule has 1 unspecified atom stereocenters. The fourth-order valence-corrected chi connectivity index (χ4v) is 2.55. The van der Waals surface area contributed by atoms with Gasteiger partial charge in [-0.25, -0.2) is 0 Å². The van der Waals surface area contributed by atoms with Crippen LogP contribution in [0.2, 0.25) is 5.02 Å². The zero-order valence-electron chi connectivity index (χ0n) is 11.2. The van der Waals surface area contributed by atoms with E-state index in [2.05, 4.69) is 28.9 Å². The number of amidine groups is 1. The molecule has 3 N–H and O–H groups in total. The number of likely N-dealkylation sites (N-methyl/N-ethyl adjacent to an activating group) is 1. The Bertz CT molecular complexity index is 492. The standard InChI is InChI=1S/C13H19ClN4O/c1-9-8-18(6-5-17(9)2)12-4-3-10(7-11(12)14)13(15)16-19/h3-4,7,9,19H,5-6,8H2,1-2H3,(H2,15,16). The van der Waals surface area contributed by atoms with Gasteiger partial charge in [0.05, 0.1) is 10.7 Å². The Morgan fingerprint density at radius 1 is 1.47 bits per heavy atom. The summed E-state index contributed by atoms with van der Waals surface area (Å²) in [4.78, 5) is 4.60. The van der Waals surface area contributed by atoms with Crippen LogP contribution in [-0.4, -0.2) is 48.7 Å². The molecule has 5 nitrogen and oxygen atoms in total. The highest BCUT2D eigenvalue weighted by Gasteiger charge is 2.22. The molecule has 6 heteroatoms. The Balaban J connectivity index is 2.22. The maximum Gasteiger partial charge on any atom is 0.170 e. The van der Waals surface area contributed by atoms with Crippen LogP contribution in [0, 0.1) is 0 Å². The van der Waals surface area contributed by atoms with Crippen molar-refractivity contribution in [1.29, 1.82) is 0 Å². The number of benzene rings is 1. The van der Waals surface area contributed by atoms with Crippen LogP contribution in [0.5, 0.6) is 0 Å². The zero-order valence-corrected chi connectivity index (χ0v) is 11.9. The Kier molecular flexibility index (Phi) is 4.17. The summed E-state index contributed by atoms with van der Waals surface area (Å²) in [6.07, 6.45) is 0. The lowest BCUT2D eigenvalue weighted by Crippen LogP contribution is -2.50. The van der Waals surface area contributed by atoms with E-state index in [0.717, 1.165) is 25.3 Å². The van der Waals surface area contributed by atoms with Gasteiger partial charge in [0.15, 0.2) is 5.84 Å². The molecule has 0 amide bonds. The van der Waals surface area contributed by atoms with Crippen LogP contribution in [0.3, 0.4) is 0 Å². The first kappa shape index (κ1) is 14.0. The predicted molar refractivity (Wildman–Crippen MR) is 78.3 cm³/mol. The van der Waals surface area contributed by atoms with E-state index in [1.54, 1.807) is 6.07 Å². The molecular formula is C13H19ClN4O. The number of rotatable bonds is 2. The predicted octanol–water partition coefficient (Wildman–Crippen LogP) is 1.57. The van der Waals surface area contributed by atoms with Crippen molar-refractivity contribution in [2.75, 3.05) is 31.6 Å². The molecule has 1 aliphatic heterocycles. The maximum atomic E-state index is 8.66. The highest BCUT2D eigenvalue weighted by Crippen LogP contribution is 2.28. The summed E-state index contributed by atoms with van der Waals surface area (Å²) in [6.45, 7) is 5.10. The maximum absolute atomic E-state index is 8.66. The molecule has 1 saturated heterocycles. The van der Waals surface area contributed by atoms with Gasteiger partial charge in [0.2, 0.25) is 0 Å². The smallest absolute Gasteiger partial charge is 0.170 e. The second-order valence-electron chi connectivity index (χ2n) is 4.93. The normalized spacial score (nSPS) is 21.7. The third-order valence-electron chi connectivity index (χ3n) is 3.65. The van der Waals surface area contributed by atoms with E-state index >= 15 is 0 Å². The van der Waals surface area contributed by atoms with Crippen molar-refractivity contribution < 1.29 is 5.21 Å². The number of piperazine rings is 1. The van der Waals surface area contributed by atoms with Gasteiger partial charge >= 0.3 is 0 Å². The second kappa shape index (κ2) is 5.67. The Morgan fingerprint density at radius 2 is 2.21 bits per heavy atom. The lowest BCUT2D eigenvalue weighted by Gasteiger charge is -2.39. The van der Waals surface area contributed by atoms with E-state index in [1.807, 2.05) is 12.1 Å². The molecule has 1 heterocycles. The summed E-state index contributed by atoms with van der Waals surface area (Å²) in [5.74, 6) is 0.0696. The van der Waals surface area contributed by atoms with E-state index in [9.17, 15) is 0 Å².